The number of fused-ring (bicyclic) bond motifs is 3. The van der Waals surface area contributed by atoms with Crippen LogP contribution in [0.4, 0.5) is 0 Å². The van der Waals surface area contributed by atoms with Crippen molar-refractivity contribution < 1.29 is 34.4 Å². The summed E-state index contributed by atoms with van der Waals surface area (Å²) in [5.41, 5.74) is 2.63. The predicted molar refractivity (Wildman–Crippen MR) is 123 cm³/mol. The zero-order valence-corrected chi connectivity index (χ0v) is 20.0. The van der Waals surface area contributed by atoms with Crippen LogP contribution in [0.25, 0.3) is 5.76 Å². The van der Waals surface area contributed by atoms with Crippen molar-refractivity contribution in [3.8, 4) is 5.75 Å². The number of methoxy groups -OCH3 is 1. The number of halogens is 1. The lowest BCUT2D eigenvalue weighted by atomic mass is 9.58. The first-order valence-corrected chi connectivity index (χ1v) is 11.2. The lowest BCUT2D eigenvalue weighted by Gasteiger charge is -2.48. The molecule has 9 nitrogen and oxygen atoms in total. The molecule has 0 radical (unpaired) electrons. The van der Waals surface area contributed by atoms with Crippen molar-refractivity contribution in [1.82, 2.24) is 5.32 Å². The molecule has 0 saturated heterocycles. The number of carbonyl (C=O) groups excluding carboxylic acids is 3. The van der Waals surface area contributed by atoms with Gasteiger partial charge >= 0.3 is 0 Å². The van der Waals surface area contributed by atoms with Gasteiger partial charge < -0.3 is 31.1 Å². The first kappa shape index (κ1) is 24.3. The molecule has 0 bridgehead atoms. The predicted octanol–water partition coefficient (Wildman–Crippen LogP) is 1.75. The largest absolute Gasteiger partial charge is 0.508 e. The molecule has 182 valence electrons. The number of rotatable bonds is 2. The number of aliphatic hydroxyl groups is 3. The Balaban J connectivity index is 1.91. The normalized spacial score (nSPS) is 28.9. The summed E-state index contributed by atoms with van der Waals surface area (Å²) >= 11 is 6.36. The third-order valence-corrected chi connectivity index (χ3v) is 7.10. The smallest absolute Gasteiger partial charge is 0.258 e. The van der Waals surface area contributed by atoms with Crippen LogP contribution in [-0.2, 0) is 20.8 Å². The van der Waals surface area contributed by atoms with Crippen LogP contribution < -0.4 is 15.8 Å². The maximum Gasteiger partial charge on any atom is 0.258 e. The van der Waals surface area contributed by atoms with E-state index in [1.807, 2.05) is 0 Å². The SMILES string of the molecule is COc1ccc(Cl)c2c1C(O)=C1C(=O)C3(O)C(O)=C(C(=O)NC(C)(C)C)C(=O)C(N)C3CC1C2. The van der Waals surface area contributed by atoms with Gasteiger partial charge in [-0.15, -0.1) is 0 Å². The molecular formula is C24H27ClN2O7. The van der Waals surface area contributed by atoms with Crippen molar-refractivity contribution >= 4 is 34.8 Å². The van der Waals surface area contributed by atoms with Gasteiger partial charge in [-0.25, -0.2) is 0 Å². The molecule has 0 heterocycles. The molecule has 10 heteroatoms. The second kappa shape index (κ2) is 7.83. The van der Waals surface area contributed by atoms with Crippen molar-refractivity contribution in [2.45, 2.75) is 50.8 Å². The number of hydrogen-bond donors (Lipinski definition) is 5. The maximum atomic E-state index is 13.7. The quantitative estimate of drug-likeness (QED) is 0.392. The van der Waals surface area contributed by atoms with Crippen LogP contribution in [-0.4, -0.2) is 57.1 Å². The Morgan fingerprint density at radius 1 is 1.26 bits per heavy atom. The summed E-state index contributed by atoms with van der Waals surface area (Å²) in [5, 5.41) is 36.6. The lowest BCUT2D eigenvalue weighted by molar-refractivity contribution is -0.149. The summed E-state index contributed by atoms with van der Waals surface area (Å²) in [6.07, 6.45) is 0.228. The van der Waals surface area contributed by atoms with E-state index in [0.29, 0.717) is 10.6 Å². The van der Waals surface area contributed by atoms with Crippen molar-refractivity contribution in [2.24, 2.45) is 17.6 Å². The number of amides is 1. The summed E-state index contributed by atoms with van der Waals surface area (Å²) < 4.78 is 5.33. The Morgan fingerprint density at radius 3 is 2.50 bits per heavy atom. The number of nitrogens with two attached hydrogens (primary N) is 1. The standard InChI is InChI=1S/C24H27ClN2O7/c1-23(2,3)27-22(32)16-19(29)17(26)11-8-9-7-10-12(25)5-6-13(34-4)15(10)18(28)14(9)20(30)24(11,33)21(16)31/h5-6,9,11,17,28,31,33H,7-8,26H2,1-4H3,(H,27,32). The van der Waals surface area contributed by atoms with Crippen LogP contribution in [0, 0.1) is 11.8 Å². The molecule has 4 rings (SSSR count). The highest BCUT2D eigenvalue weighted by Crippen LogP contribution is 2.52. The molecule has 3 aliphatic carbocycles. The number of carbonyl (C=O) groups is 3. The zero-order chi connectivity index (χ0) is 25.3. The van der Waals surface area contributed by atoms with Crippen LogP contribution in [0.1, 0.15) is 38.3 Å². The number of ketones is 2. The molecule has 0 spiro atoms. The molecule has 0 aromatic heterocycles. The average Bonchev–Trinajstić information content (AvgIpc) is 2.74. The van der Waals surface area contributed by atoms with Gasteiger partial charge in [0.2, 0.25) is 5.78 Å². The molecule has 6 N–H and O–H groups in total. The molecule has 1 saturated carbocycles. The van der Waals surface area contributed by atoms with E-state index in [-0.39, 0.29) is 29.7 Å². The van der Waals surface area contributed by atoms with E-state index in [4.69, 9.17) is 22.1 Å². The fraction of sp³-hybridized carbons (Fsp3) is 0.458. The zero-order valence-electron chi connectivity index (χ0n) is 19.2. The molecule has 1 aromatic carbocycles. The van der Waals surface area contributed by atoms with Crippen LogP contribution in [0.15, 0.2) is 29.0 Å². The van der Waals surface area contributed by atoms with Gasteiger partial charge in [0, 0.05) is 22.1 Å². The van der Waals surface area contributed by atoms with E-state index in [2.05, 4.69) is 5.32 Å². The summed E-state index contributed by atoms with van der Waals surface area (Å²) in [5.74, 6) is -5.86. The highest BCUT2D eigenvalue weighted by atomic mass is 35.5. The van der Waals surface area contributed by atoms with Crippen molar-refractivity contribution in [2.75, 3.05) is 7.11 Å². The summed E-state index contributed by atoms with van der Waals surface area (Å²) in [7, 11) is 1.40. The van der Waals surface area contributed by atoms with Gasteiger partial charge in [0.15, 0.2) is 11.4 Å². The van der Waals surface area contributed by atoms with E-state index in [1.54, 1.807) is 32.9 Å². The molecule has 1 aromatic rings. The second-order valence-corrected chi connectivity index (χ2v) is 10.4. The van der Waals surface area contributed by atoms with Crippen molar-refractivity contribution in [3.05, 3.63) is 45.2 Å². The van der Waals surface area contributed by atoms with Crippen LogP contribution in [0.2, 0.25) is 5.02 Å². The Kier molecular flexibility index (Phi) is 5.58. The van der Waals surface area contributed by atoms with Crippen LogP contribution >= 0.6 is 11.6 Å². The monoisotopic (exact) mass is 490 g/mol. The number of hydrogen-bond acceptors (Lipinski definition) is 8. The molecular weight excluding hydrogens is 464 g/mol. The summed E-state index contributed by atoms with van der Waals surface area (Å²) in [6, 6.07) is 1.74. The topological polar surface area (TPSA) is 159 Å². The Labute approximate surface area is 201 Å². The van der Waals surface area contributed by atoms with Crippen LogP contribution in [0.5, 0.6) is 5.75 Å². The maximum absolute atomic E-state index is 13.7. The molecule has 1 fully saturated rings. The van der Waals surface area contributed by atoms with E-state index in [9.17, 15) is 29.7 Å². The van der Waals surface area contributed by atoms with Gasteiger partial charge in [-0.1, -0.05) is 11.6 Å². The van der Waals surface area contributed by atoms with Crippen molar-refractivity contribution in [1.29, 1.82) is 0 Å². The Bertz CT molecular complexity index is 1200. The highest BCUT2D eigenvalue weighted by Gasteiger charge is 2.63. The third-order valence-electron chi connectivity index (χ3n) is 6.75. The molecule has 34 heavy (non-hydrogen) atoms. The number of Topliss-reactive ketones (excluding diaryl/α,β-unsaturated/α-hetero) is 2. The van der Waals surface area contributed by atoms with E-state index >= 15 is 0 Å². The van der Waals surface area contributed by atoms with E-state index in [1.165, 1.54) is 7.11 Å². The number of nitrogens with one attached hydrogen (secondary N) is 1. The third kappa shape index (κ3) is 3.33. The number of aliphatic hydroxyl groups excluding tert-OH is 2. The van der Waals surface area contributed by atoms with Gasteiger partial charge in [0.1, 0.15) is 22.8 Å². The van der Waals surface area contributed by atoms with Gasteiger partial charge in [-0.05, 0) is 57.2 Å². The number of ether oxygens (including phenoxy) is 1. The number of benzene rings is 1. The van der Waals surface area contributed by atoms with Crippen molar-refractivity contribution in [3.63, 3.8) is 0 Å². The van der Waals surface area contributed by atoms with Gasteiger partial charge in [-0.3, -0.25) is 14.4 Å². The molecule has 4 atom stereocenters. The Morgan fingerprint density at radius 2 is 1.91 bits per heavy atom. The molecule has 1 amide bonds. The van der Waals surface area contributed by atoms with Crippen LogP contribution in [0.3, 0.4) is 0 Å². The minimum Gasteiger partial charge on any atom is -0.508 e. The fourth-order valence-corrected chi connectivity index (χ4v) is 5.46. The fourth-order valence-electron chi connectivity index (χ4n) is 5.22. The lowest BCUT2D eigenvalue weighted by Crippen LogP contribution is -2.65. The van der Waals surface area contributed by atoms with Gasteiger partial charge in [-0.2, -0.15) is 0 Å². The molecule has 0 aliphatic heterocycles. The molecule has 4 unspecified atom stereocenters. The van der Waals surface area contributed by atoms with Gasteiger partial charge in [0.05, 0.1) is 18.7 Å². The van der Waals surface area contributed by atoms with Gasteiger partial charge in [0.25, 0.3) is 5.91 Å². The second-order valence-electron chi connectivity index (χ2n) is 10.0. The molecule has 3 aliphatic rings. The first-order valence-electron chi connectivity index (χ1n) is 10.9. The average molecular weight is 491 g/mol. The Hall–Kier alpha value is -2.88. The minimum atomic E-state index is -2.65. The van der Waals surface area contributed by atoms with E-state index < -0.39 is 63.6 Å². The summed E-state index contributed by atoms with van der Waals surface area (Å²) in [4.78, 5) is 39.5. The first-order chi connectivity index (χ1) is 15.7. The minimum absolute atomic E-state index is 0.000249. The van der Waals surface area contributed by atoms with E-state index in [0.717, 1.165) is 0 Å². The highest BCUT2D eigenvalue weighted by molar-refractivity contribution is 6.32. The summed E-state index contributed by atoms with van der Waals surface area (Å²) in [6.45, 7) is 5.01.